The maximum absolute atomic E-state index is 12.7. The van der Waals surface area contributed by atoms with Crippen molar-refractivity contribution in [2.24, 2.45) is 5.92 Å². The summed E-state index contributed by atoms with van der Waals surface area (Å²) in [5, 5.41) is 16.1. The normalized spacial score (nSPS) is 14.2. The van der Waals surface area contributed by atoms with Gasteiger partial charge in [-0.2, -0.15) is 0 Å². The smallest absolute Gasteiger partial charge is 0.337 e. The van der Waals surface area contributed by atoms with E-state index in [1.54, 1.807) is 12.1 Å². The predicted molar refractivity (Wildman–Crippen MR) is 106 cm³/mol. The van der Waals surface area contributed by atoms with Gasteiger partial charge >= 0.3 is 5.97 Å². The molecule has 1 aliphatic heterocycles. The van der Waals surface area contributed by atoms with Crippen molar-refractivity contribution in [2.75, 3.05) is 44.0 Å². The number of aliphatic hydroxyl groups is 1. The molecule has 0 aromatic heterocycles. The number of carbonyl (C=O) groups excluding carboxylic acids is 2. The molecule has 0 saturated heterocycles. The minimum absolute atomic E-state index is 0.0600. The maximum atomic E-state index is 12.7. The number of esters is 1. The van der Waals surface area contributed by atoms with Crippen molar-refractivity contribution >= 4 is 46.5 Å². The van der Waals surface area contributed by atoms with E-state index >= 15 is 0 Å². The van der Waals surface area contributed by atoms with Crippen molar-refractivity contribution in [2.45, 2.75) is 13.8 Å². The standard InChI is InChI=1S/C18H23Cl2N3O4/c1-10(2)8-21-14-6-12(19)13(20)7-15(14)22-16-11(18(26)27-3)9-23(4-5-24)17(16)25/h6-7,10,21-22,24H,4-5,8-9H2,1-3H3. The van der Waals surface area contributed by atoms with E-state index in [1.165, 1.54) is 12.0 Å². The Morgan fingerprint density at radius 2 is 1.93 bits per heavy atom. The molecular formula is C18H23Cl2N3O4. The van der Waals surface area contributed by atoms with Crippen LogP contribution >= 0.6 is 23.2 Å². The van der Waals surface area contributed by atoms with E-state index in [0.717, 1.165) is 0 Å². The van der Waals surface area contributed by atoms with E-state index in [1.807, 2.05) is 0 Å². The Kier molecular flexibility index (Phi) is 7.35. The molecule has 0 unspecified atom stereocenters. The van der Waals surface area contributed by atoms with Crippen LogP contribution in [0.2, 0.25) is 10.0 Å². The number of amides is 1. The first-order chi connectivity index (χ1) is 12.8. The fourth-order valence-corrected chi connectivity index (χ4v) is 2.92. The van der Waals surface area contributed by atoms with Crippen LogP contribution in [-0.2, 0) is 14.3 Å². The van der Waals surface area contributed by atoms with Crippen molar-refractivity contribution in [1.29, 1.82) is 0 Å². The van der Waals surface area contributed by atoms with Crippen LogP contribution in [0, 0.1) is 5.92 Å². The van der Waals surface area contributed by atoms with E-state index in [2.05, 4.69) is 24.5 Å². The summed E-state index contributed by atoms with van der Waals surface area (Å²) >= 11 is 12.3. The minimum atomic E-state index is -0.608. The number of benzene rings is 1. The molecule has 0 aliphatic carbocycles. The van der Waals surface area contributed by atoms with Crippen LogP contribution < -0.4 is 10.6 Å². The van der Waals surface area contributed by atoms with Crippen LogP contribution in [0.1, 0.15) is 13.8 Å². The average molecular weight is 416 g/mol. The highest BCUT2D eigenvalue weighted by atomic mass is 35.5. The molecule has 1 heterocycles. The number of aliphatic hydroxyl groups excluding tert-OH is 1. The van der Waals surface area contributed by atoms with Gasteiger partial charge in [-0.05, 0) is 18.1 Å². The molecule has 9 heteroatoms. The first kappa shape index (κ1) is 21.3. The van der Waals surface area contributed by atoms with Crippen LogP contribution in [0.3, 0.4) is 0 Å². The van der Waals surface area contributed by atoms with Crippen molar-refractivity contribution in [1.82, 2.24) is 4.90 Å². The summed E-state index contributed by atoms with van der Waals surface area (Å²) in [5.41, 5.74) is 1.46. The molecule has 0 bridgehead atoms. The van der Waals surface area contributed by atoms with Crippen molar-refractivity contribution < 1.29 is 19.4 Å². The topological polar surface area (TPSA) is 90.9 Å². The molecule has 3 N–H and O–H groups in total. The first-order valence-electron chi connectivity index (χ1n) is 8.50. The van der Waals surface area contributed by atoms with E-state index in [4.69, 9.17) is 33.0 Å². The Labute approximate surface area is 168 Å². The Morgan fingerprint density at radius 1 is 1.30 bits per heavy atom. The monoisotopic (exact) mass is 415 g/mol. The van der Waals surface area contributed by atoms with Gasteiger partial charge in [0.15, 0.2) is 0 Å². The van der Waals surface area contributed by atoms with Crippen LogP contribution in [0.25, 0.3) is 0 Å². The molecule has 0 radical (unpaired) electrons. The van der Waals surface area contributed by atoms with Crippen molar-refractivity contribution in [3.8, 4) is 0 Å². The molecule has 0 fully saturated rings. The van der Waals surface area contributed by atoms with Gasteiger partial charge in [-0.25, -0.2) is 4.79 Å². The third-order valence-electron chi connectivity index (χ3n) is 3.97. The number of β-amino-alcohol motifs (C(OH)–C–C–N with tert-alkyl or cyclic N) is 1. The van der Waals surface area contributed by atoms with Gasteiger partial charge in [-0.3, -0.25) is 4.79 Å². The number of hydrogen-bond donors (Lipinski definition) is 3. The molecule has 1 aromatic carbocycles. The number of nitrogens with zero attached hydrogens (tertiary/aromatic N) is 1. The molecule has 0 saturated carbocycles. The van der Waals surface area contributed by atoms with Gasteiger partial charge in [0.25, 0.3) is 5.91 Å². The molecule has 1 amide bonds. The van der Waals surface area contributed by atoms with Crippen molar-refractivity contribution in [3.05, 3.63) is 33.4 Å². The summed E-state index contributed by atoms with van der Waals surface area (Å²) in [6.45, 7) is 4.77. The first-order valence-corrected chi connectivity index (χ1v) is 9.25. The highest BCUT2D eigenvalue weighted by molar-refractivity contribution is 6.42. The molecule has 1 aliphatic rings. The van der Waals surface area contributed by atoms with Gasteiger partial charge in [0.1, 0.15) is 5.70 Å². The van der Waals surface area contributed by atoms with E-state index in [-0.39, 0.29) is 31.0 Å². The van der Waals surface area contributed by atoms with Gasteiger partial charge in [-0.1, -0.05) is 37.0 Å². The summed E-state index contributed by atoms with van der Waals surface area (Å²) in [6.07, 6.45) is 0. The van der Waals surface area contributed by atoms with Gasteiger partial charge in [0, 0.05) is 13.1 Å². The summed E-state index contributed by atoms with van der Waals surface area (Å²) in [6, 6.07) is 3.26. The number of anilines is 2. The quantitative estimate of drug-likeness (QED) is 0.565. The number of methoxy groups -OCH3 is 1. The number of nitrogens with one attached hydrogen (secondary N) is 2. The third-order valence-corrected chi connectivity index (χ3v) is 4.70. The summed E-state index contributed by atoms with van der Waals surface area (Å²) < 4.78 is 4.79. The molecule has 1 aromatic rings. The second-order valence-corrected chi connectivity index (χ2v) is 7.32. The number of rotatable bonds is 8. The summed E-state index contributed by atoms with van der Waals surface area (Å²) in [7, 11) is 1.25. The summed E-state index contributed by atoms with van der Waals surface area (Å²) in [5.74, 6) is -0.626. The highest BCUT2D eigenvalue weighted by Gasteiger charge is 2.34. The lowest BCUT2D eigenvalue weighted by atomic mass is 10.2. The lowest BCUT2D eigenvalue weighted by Gasteiger charge is -2.18. The van der Waals surface area contributed by atoms with Crippen molar-refractivity contribution in [3.63, 3.8) is 0 Å². The second-order valence-electron chi connectivity index (χ2n) is 6.51. The van der Waals surface area contributed by atoms with Crippen LogP contribution in [0.15, 0.2) is 23.4 Å². The average Bonchev–Trinajstić information content (AvgIpc) is 2.92. The lowest BCUT2D eigenvalue weighted by Crippen LogP contribution is -2.31. The van der Waals surface area contributed by atoms with Crippen LogP contribution in [-0.4, -0.2) is 55.2 Å². The fraction of sp³-hybridized carbons (Fsp3) is 0.444. The van der Waals surface area contributed by atoms with E-state index in [9.17, 15) is 9.59 Å². The van der Waals surface area contributed by atoms with Crippen LogP contribution in [0.4, 0.5) is 11.4 Å². The second kappa shape index (κ2) is 9.30. The third kappa shape index (κ3) is 5.06. The Hall–Kier alpha value is -1.96. The summed E-state index contributed by atoms with van der Waals surface area (Å²) in [4.78, 5) is 26.1. The minimum Gasteiger partial charge on any atom is -0.466 e. The zero-order chi connectivity index (χ0) is 20.1. The Morgan fingerprint density at radius 3 is 2.48 bits per heavy atom. The predicted octanol–water partition coefficient (Wildman–Crippen LogP) is 2.73. The largest absolute Gasteiger partial charge is 0.466 e. The Balaban J connectivity index is 2.41. The number of ether oxygens (including phenoxy) is 1. The zero-order valence-electron chi connectivity index (χ0n) is 15.4. The highest BCUT2D eigenvalue weighted by Crippen LogP contribution is 2.35. The van der Waals surface area contributed by atoms with Gasteiger partial charge in [0.2, 0.25) is 0 Å². The van der Waals surface area contributed by atoms with Crippen LogP contribution in [0.5, 0.6) is 0 Å². The molecule has 148 valence electrons. The number of halogens is 2. The fourth-order valence-electron chi connectivity index (χ4n) is 2.59. The maximum Gasteiger partial charge on any atom is 0.337 e. The molecule has 0 atom stereocenters. The zero-order valence-corrected chi connectivity index (χ0v) is 16.9. The number of carbonyl (C=O) groups is 2. The van der Waals surface area contributed by atoms with E-state index < -0.39 is 11.9 Å². The molecule has 0 spiro atoms. The lowest BCUT2D eigenvalue weighted by molar-refractivity contribution is -0.136. The van der Waals surface area contributed by atoms with Gasteiger partial charge in [-0.15, -0.1) is 0 Å². The van der Waals surface area contributed by atoms with Gasteiger partial charge < -0.3 is 25.4 Å². The molecule has 2 rings (SSSR count). The Bertz CT molecular complexity index is 765. The molecular weight excluding hydrogens is 393 g/mol. The molecule has 27 heavy (non-hydrogen) atoms. The number of hydrogen-bond acceptors (Lipinski definition) is 6. The molecule has 7 nitrogen and oxygen atoms in total. The van der Waals surface area contributed by atoms with E-state index in [0.29, 0.717) is 33.9 Å². The van der Waals surface area contributed by atoms with Gasteiger partial charge in [0.05, 0.1) is 47.3 Å². The SMILES string of the molecule is COC(=O)C1=C(Nc2cc(Cl)c(Cl)cc2NCC(C)C)C(=O)N(CCO)C1.